The van der Waals surface area contributed by atoms with E-state index in [-0.39, 0.29) is 6.04 Å². The maximum atomic E-state index is 5.67. The highest BCUT2D eigenvalue weighted by Gasteiger charge is 2.11. The van der Waals surface area contributed by atoms with Crippen molar-refractivity contribution in [3.8, 4) is 0 Å². The average Bonchev–Trinajstić information content (AvgIpc) is 2.07. The normalized spacial score (nSPS) is 19.9. The van der Waals surface area contributed by atoms with Gasteiger partial charge in [-0.25, -0.2) is 0 Å². The van der Waals surface area contributed by atoms with Crippen LogP contribution in [-0.4, -0.2) is 6.21 Å². The lowest BCUT2D eigenvalue weighted by molar-refractivity contribution is 0.598. The lowest BCUT2D eigenvalue weighted by atomic mass is 10.0. The number of nitrogens with one attached hydrogen (secondary N) is 1. The number of nitrogens with zero attached hydrogens (tertiary/aromatic N) is 1. The van der Waals surface area contributed by atoms with E-state index in [4.69, 9.17) is 5.73 Å². The summed E-state index contributed by atoms with van der Waals surface area (Å²) < 4.78 is 0. The van der Waals surface area contributed by atoms with Crippen LogP contribution in [0.25, 0.3) is 0 Å². The molecule has 62 valence electrons. The third kappa shape index (κ3) is 1.03. The predicted octanol–water partition coefficient (Wildman–Crippen LogP) is 1.27. The van der Waals surface area contributed by atoms with Crippen LogP contribution < -0.4 is 11.2 Å². The van der Waals surface area contributed by atoms with Crippen LogP contribution in [0.2, 0.25) is 0 Å². The first kappa shape index (κ1) is 7.16. The van der Waals surface area contributed by atoms with Crippen molar-refractivity contribution in [2.24, 2.45) is 5.10 Å². The van der Waals surface area contributed by atoms with Gasteiger partial charge in [0.15, 0.2) is 0 Å². The van der Waals surface area contributed by atoms with Gasteiger partial charge in [0.05, 0.1) is 12.3 Å². The highest BCUT2D eigenvalue weighted by atomic mass is 15.3. The van der Waals surface area contributed by atoms with Gasteiger partial charge in [0.25, 0.3) is 0 Å². The molecule has 0 fully saturated rings. The number of hydrogen-bond donors (Lipinski definition) is 2. The van der Waals surface area contributed by atoms with Gasteiger partial charge in [-0.05, 0) is 30.2 Å². The molecule has 0 amide bonds. The Morgan fingerprint density at radius 1 is 1.50 bits per heavy atom. The first-order valence-electron chi connectivity index (χ1n) is 3.95. The van der Waals surface area contributed by atoms with Gasteiger partial charge in [-0.3, -0.25) is 0 Å². The molecule has 1 heterocycles. The molecule has 3 heteroatoms. The number of anilines is 1. The van der Waals surface area contributed by atoms with Crippen LogP contribution in [-0.2, 0) is 0 Å². The summed E-state index contributed by atoms with van der Waals surface area (Å²) >= 11 is 0. The van der Waals surface area contributed by atoms with E-state index < -0.39 is 0 Å². The van der Waals surface area contributed by atoms with Gasteiger partial charge < -0.3 is 11.2 Å². The monoisotopic (exact) mass is 161 g/mol. The van der Waals surface area contributed by atoms with Crippen LogP contribution in [0.1, 0.15) is 24.1 Å². The summed E-state index contributed by atoms with van der Waals surface area (Å²) in [5.74, 6) is 0. The van der Waals surface area contributed by atoms with E-state index in [1.54, 1.807) is 0 Å². The van der Waals surface area contributed by atoms with E-state index in [9.17, 15) is 0 Å². The van der Waals surface area contributed by atoms with E-state index in [0.717, 1.165) is 11.3 Å². The molecular weight excluding hydrogens is 150 g/mol. The summed E-state index contributed by atoms with van der Waals surface area (Å²) in [4.78, 5) is 0. The minimum atomic E-state index is 0.258. The Labute approximate surface area is 71.3 Å². The summed E-state index contributed by atoms with van der Waals surface area (Å²) in [5.41, 5.74) is 11.8. The number of fused-ring (bicyclic) bond motifs is 1. The molecule has 3 nitrogen and oxygen atoms in total. The molecule has 0 spiro atoms. The smallest absolute Gasteiger partial charge is 0.0668 e. The predicted molar refractivity (Wildman–Crippen MR) is 50.0 cm³/mol. The second kappa shape index (κ2) is 2.52. The molecule has 0 bridgehead atoms. The Kier molecular flexibility index (Phi) is 1.50. The number of hydrogen-bond acceptors (Lipinski definition) is 3. The molecule has 3 N–H and O–H groups in total. The minimum Gasteiger partial charge on any atom is -0.399 e. The maximum Gasteiger partial charge on any atom is 0.0668 e. The van der Waals surface area contributed by atoms with Gasteiger partial charge in [-0.15, -0.1) is 0 Å². The molecule has 0 saturated heterocycles. The molecule has 0 saturated carbocycles. The molecular formula is C9H11N3. The van der Waals surface area contributed by atoms with E-state index in [1.807, 2.05) is 24.4 Å². The Morgan fingerprint density at radius 2 is 2.33 bits per heavy atom. The standard InChI is InChI=1S/C9H11N3/c1-6-9-4-8(10)3-2-7(9)5-11-12-6/h2-6,12H,10H2,1H3. The second-order valence-electron chi connectivity index (χ2n) is 3.00. The van der Waals surface area contributed by atoms with Gasteiger partial charge in [-0.2, -0.15) is 5.10 Å². The molecule has 1 aromatic rings. The Hall–Kier alpha value is -1.51. The summed E-state index contributed by atoms with van der Waals surface area (Å²) in [5, 5.41) is 4.01. The zero-order valence-electron chi connectivity index (χ0n) is 6.91. The third-order valence-corrected chi connectivity index (χ3v) is 2.05. The number of benzene rings is 1. The molecule has 2 rings (SSSR count). The number of rotatable bonds is 0. The van der Waals surface area contributed by atoms with Crippen molar-refractivity contribution in [3.05, 3.63) is 29.3 Å². The van der Waals surface area contributed by atoms with E-state index in [1.165, 1.54) is 5.56 Å². The van der Waals surface area contributed by atoms with Gasteiger partial charge in [0.1, 0.15) is 0 Å². The largest absolute Gasteiger partial charge is 0.399 e. The van der Waals surface area contributed by atoms with Gasteiger partial charge in [0, 0.05) is 5.69 Å². The summed E-state index contributed by atoms with van der Waals surface area (Å²) in [6, 6.07) is 6.13. The number of nitrogens with two attached hydrogens (primary N) is 1. The Bertz CT molecular complexity index is 331. The molecule has 0 aromatic heterocycles. The van der Waals surface area contributed by atoms with Crippen molar-refractivity contribution in [2.45, 2.75) is 13.0 Å². The highest BCUT2D eigenvalue weighted by Crippen LogP contribution is 2.21. The first-order valence-corrected chi connectivity index (χ1v) is 3.95. The lowest BCUT2D eigenvalue weighted by Crippen LogP contribution is -2.18. The summed E-state index contributed by atoms with van der Waals surface area (Å²) in [6.07, 6.45) is 1.81. The van der Waals surface area contributed by atoms with Crippen LogP contribution in [0.3, 0.4) is 0 Å². The van der Waals surface area contributed by atoms with Crippen LogP contribution in [0.4, 0.5) is 5.69 Å². The molecule has 1 aromatic carbocycles. The zero-order valence-corrected chi connectivity index (χ0v) is 6.91. The maximum absolute atomic E-state index is 5.67. The fourth-order valence-electron chi connectivity index (χ4n) is 1.37. The Morgan fingerprint density at radius 3 is 3.17 bits per heavy atom. The topological polar surface area (TPSA) is 50.4 Å². The van der Waals surface area contributed by atoms with Gasteiger partial charge >= 0.3 is 0 Å². The van der Waals surface area contributed by atoms with Crippen LogP contribution >= 0.6 is 0 Å². The molecule has 1 aliphatic rings. The molecule has 0 radical (unpaired) electrons. The van der Waals surface area contributed by atoms with Crippen molar-refractivity contribution >= 4 is 11.9 Å². The molecule has 1 unspecified atom stereocenters. The van der Waals surface area contributed by atoms with E-state index in [2.05, 4.69) is 17.5 Å². The second-order valence-corrected chi connectivity index (χ2v) is 3.00. The van der Waals surface area contributed by atoms with Crippen LogP contribution in [0.15, 0.2) is 23.3 Å². The SMILES string of the molecule is CC1NN=Cc2ccc(N)cc21. The van der Waals surface area contributed by atoms with Crippen LogP contribution in [0, 0.1) is 0 Å². The average molecular weight is 161 g/mol. The van der Waals surface area contributed by atoms with Crippen molar-refractivity contribution in [2.75, 3.05) is 5.73 Å². The molecule has 12 heavy (non-hydrogen) atoms. The van der Waals surface area contributed by atoms with Crippen molar-refractivity contribution < 1.29 is 0 Å². The minimum absolute atomic E-state index is 0.258. The Balaban J connectivity index is 2.56. The van der Waals surface area contributed by atoms with Gasteiger partial charge in [-0.1, -0.05) is 6.07 Å². The third-order valence-electron chi connectivity index (χ3n) is 2.05. The molecule has 1 aliphatic heterocycles. The van der Waals surface area contributed by atoms with E-state index in [0.29, 0.717) is 0 Å². The van der Waals surface area contributed by atoms with Crippen molar-refractivity contribution in [1.29, 1.82) is 0 Å². The fourth-order valence-corrected chi connectivity index (χ4v) is 1.37. The summed E-state index contributed by atoms with van der Waals surface area (Å²) in [6.45, 7) is 2.06. The summed E-state index contributed by atoms with van der Waals surface area (Å²) in [7, 11) is 0. The fraction of sp³-hybridized carbons (Fsp3) is 0.222. The number of hydrazone groups is 1. The molecule has 0 aliphatic carbocycles. The van der Waals surface area contributed by atoms with Crippen molar-refractivity contribution in [1.82, 2.24) is 5.43 Å². The number of nitrogen functional groups attached to an aromatic ring is 1. The van der Waals surface area contributed by atoms with Crippen molar-refractivity contribution in [3.63, 3.8) is 0 Å². The zero-order chi connectivity index (χ0) is 8.55. The van der Waals surface area contributed by atoms with E-state index >= 15 is 0 Å². The van der Waals surface area contributed by atoms with Crippen LogP contribution in [0.5, 0.6) is 0 Å². The molecule has 1 atom stereocenters. The quantitative estimate of drug-likeness (QED) is 0.563. The highest BCUT2D eigenvalue weighted by molar-refractivity contribution is 5.83. The van der Waals surface area contributed by atoms with Gasteiger partial charge in [0.2, 0.25) is 0 Å². The first-order chi connectivity index (χ1) is 5.77. The lowest BCUT2D eigenvalue weighted by Gasteiger charge is -2.18.